The molecule has 2 rings (SSSR count). The van der Waals surface area contributed by atoms with Gasteiger partial charge in [0.05, 0.1) is 17.1 Å². The molecule has 22 heavy (non-hydrogen) atoms. The second kappa shape index (κ2) is 7.31. The number of furan rings is 1. The molecule has 118 valence electrons. The summed E-state index contributed by atoms with van der Waals surface area (Å²) in [5, 5.41) is 11.7. The monoisotopic (exact) mass is 320 g/mol. The standard InChI is InChI=1S/C15H20N4O2S/c1-5-8-16-14(20)11(4)22-15-18-17-13(19(15)6-2)12-7-9-21-10(12)3/h5,7,9,11H,1,6,8H2,2-4H3,(H,16,20)/t11-/m0/s1. The van der Waals surface area contributed by atoms with E-state index in [-0.39, 0.29) is 11.2 Å². The van der Waals surface area contributed by atoms with Gasteiger partial charge < -0.3 is 14.3 Å². The van der Waals surface area contributed by atoms with E-state index in [0.29, 0.717) is 6.54 Å². The first-order valence-corrected chi connectivity index (χ1v) is 7.99. The van der Waals surface area contributed by atoms with E-state index in [1.807, 2.05) is 31.4 Å². The molecular weight excluding hydrogens is 300 g/mol. The molecule has 0 spiro atoms. The average Bonchev–Trinajstić information content (AvgIpc) is 3.10. The van der Waals surface area contributed by atoms with Gasteiger partial charge in [-0.1, -0.05) is 17.8 Å². The van der Waals surface area contributed by atoms with E-state index in [4.69, 9.17) is 4.42 Å². The molecule has 1 amide bonds. The van der Waals surface area contributed by atoms with Gasteiger partial charge in [0.2, 0.25) is 5.91 Å². The van der Waals surface area contributed by atoms with Crippen LogP contribution in [0.2, 0.25) is 0 Å². The molecule has 7 heteroatoms. The largest absolute Gasteiger partial charge is 0.469 e. The van der Waals surface area contributed by atoms with Crippen molar-refractivity contribution in [2.75, 3.05) is 6.54 Å². The van der Waals surface area contributed by atoms with Gasteiger partial charge in [0, 0.05) is 13.1 Å². The first-order valence-electron chi connectivity index (χ1n) is 7.11. The highest BCUT2D eigenvalue weighted by atomic mass is 32.2. The van der Waals surface area contributed by atoms with Crippen LogP contribution >= 0.6 is 11.8 Å². The summed E-state index contributed by atoms with van der Waals surface area (Å²) < 4.78 is 7.32. The SMILES string of the molecule is C=CCNC(=O)[C@H](C)Sc1nnc(-c2ccoc2C)n1CC. The Morgan fingerprint density at radius 2 is 2.36 bits per heavy atom. The molecule has 1 atom stereocenters. The minimum Gasteiger partial charge on any atom is -0.469 e. The number of hydrogen-bond donors (Lipinski definition) is 1. The van der Waals surface area contributed by atoms with Crippen molar-refractivity contribution in [3.63, 3.8) is 0 Å². The number of carbonyl (C=O) groups excluding carboxylic acids is 1. The zero-order valence-electron chi connectivity index (χ0n) is 13.0. The van der Waals surface area contributed by atoms with Gasteiger partial charge in [-0.2, -0.15) is 0 Å². The van der Waals surface area contributed by atoms with Gasteiger partial charge in [-0.25, -0.2) is 0 Å². The zero-order valence-corrected chi connectivity index (χ0v) is 13.8. The van der Waals surface area contributed by atoms with Gasteiger partial charge in [-0.05, 0) is 26.8 Å². The number of aromatic nitrogens is 3. The van der Waals surface area contributed by atoms with Gasteiger partial charge in [-0.3, -0.25) is 4.79 Å². The van der Waals surface area contributed by atoms with Crippen LogP contribution in [0.3, 0.4) is 0 Å². The van der Waals surface area contributed by atoms with Crippen LogP contribution in [0.15, 0.2) is 34.6 Å². The third-order valence-electron chi connectivity index (χ3n) is 3.20. The highest BCUT2D eigenvalue weighted by Gasteiger charge is 2.21. The Balaban J connectivity index is 2.19. The molecule has 0 aliphatic carbocycles. The molecular formula is C15H20N4O2S. The quantitative estimate of drug-likeness (QED) is 0.627. The summed E-state index contributed by atoms with van der Waals surface area (Å²) in [6.07, 6.45) is 3.29. The van der Waals surface area contributed by atoms with Gasteiger partial charge in [0.25, 0.3) is 0 Å². The predicted octanol–water partition coefficient (Wildman–Crippen LogP) is 2.65. The molecule has 0 bridgehead atoms. The topological polar surface area (TPSA) is 73.0 Å². The Morgan fingerprint density at radius 3 is 2.95 bits per heavy atom. The summed E-state index contributed by atoms with van der Waals surface area (Å²) in [6.45, 7) is 10.5. The lowest BCUT2D eigenvalue weighted by molar-refractivity contribution is -0.120. The molecule has 0 unspecified atom stereocenters. The van der Waals surface area contributed by atoms with Gasteiger partial charge >= 0.3 is 0 Å². The van der Waals surface area contributed by atoms with Crippen LogP contribution in [0.5, 0.6) is 0 Å². The maximum absolute atomic E-state index is 11.9. The zero-order chi connectivity index (χ0) is 16.1. The summed E-state index contributed by atoms with van der Waals surface area (Å²) in [7, 11) is 0. The summed E-state index contributed by atoms with van der Waals surface area (Å²) >= 11 is 1.39. The van der Waals surface area contributed by atoms with E-state index < -0.39 is 0 Å². The number of nitrogens with one attached hydrogen (secondary N) is 1. The van der Waals surface area contributed by atoms with Gasteiger partial charge in [-0.15, -0.1) is 16.8 Å². The third-order valence-corrected chi connectivity index (χ3v) is 4.29. The summed E-state index contributed by atoms with van der Waals surface area (Å²) in [4.78, 5) is 11.9. The summed E-state index contributed by atoms with van der Waals surface area (Å²) in [5.74, 6) is 1.52. The lowest BCUT2D eigenvalue weighted by Crippen LogP contribution is -2.31. The second-order valence-electron chi connectivity index (χ2n) is 4.73. The second-order valence-corrected chi connectivity index (χ2v) is 6.04. The van der Waals surface area contributed by atoms with Crippen molar-refractivity contribution < 1.29 is 9.21 Å². The fraction of sp³-hybridized carbons (Fsp3) is 0.400. The minimum atomic E-state index is -0.257. The number of rotatable bonds is 7. The van der Waals surface area contributed by atoms with E-state index in [1.165, 1.54) is 11.8 Å². The molecule has 6 nitrogen and oxygen atoms in total. The van der Waals surface area contributed by atoms with Crippen molar-refractivity contribution in [1.29, 1.82) is 0 Å². The van der Waals surface area contributed by atoms with Crippen LogP contribution < -0.4 is 5.32 Å². The number of amides is 1. The Hall–Kier alpha value is -2.02. The number of thioether (sulfide) groups is 1. The fourth-order valence-corrected chi connectivity index (χ4v) is 2.94. The Morgan fingerprint density at radius 1 is 1.59 bits per heavy atom. The molecule has 0 saturated heterocycles. The van der Waals surface area contributed by atoms with E-state index in [0.717, 1.165) is 28.8 Å². The smallest absolute Gasteiger partial charge is 0.233 e. The third kappa shape index (κ3) is 3.41. The van der Waals surface area contributed by atoms with E-state index in [2.05, 4.69) is 22.1 Å². The van der Waals surface area contributed by atoms with Crippen LogP contribution in [0.4, 0.5) is 0 Å². The lowest BCUT2D eigenvalue weighted by atomic mass is 10.2. The van der Waals surface area contributed by atoms with Crippen LogP contribution in [-0.2, 0) is 11.3 Å². The molecule has 0 aromatic carbocycles. The first-order chi connectivity index (χ1) is 10.6. The molecule has 0 fully saturated rings. The van der Waals surface area contributed by atoms with Crippen molar-refractivity contribution >= 4 is 17.7 Å². The number of nitrogens with zero attached hydrogens (tertiary/aromatic N) is 3. The number of carbonyl (C=O) groups is 1. The number of aryl methyl sites for hydroxylation is 1. The van der Waals surface area contributed by atoms with E-state index >= 15 is 0 Å². The van der Waals surface area contributed by atoms with Crippen LogP contribution in [0.1, 0.15) is 19.6 Å². The van der Waals surface area contributed by atoms with Crippen molar-refractivity contribution in [2.45, 2.75) is 37.7 Å². The van der Waals surface area contributed by atoms with E-state index in [1.54, 1.807) is 12.3 Å². The maximum Gasteiger partial charge on any atom is 0.233 e. The Labute approximate surface area is 134 Å². The maximum atomic E-state index is 11.9. The highest BCUT2D eigenvalue weighted by Crippen LogP contribution is 2.28. The van der Waals surface area contributed by atoms with Crippen LogP contribution in [0, 0.1) is 6.92 Å². The summed E-state index contributed by atoms with van der Waals surface area (Å²) in [5.41, 5.74) is 0.921. The molecule has 0 aliphatic heterocycles. The summed E-state index contributed by atoms with van der Waals surface area (Å²) in [6, 6.07) is 1.88. The highest BCUT2D eigenvalue weighted by molar-refractivity contribution is 8.00. The Bertz CT molecular complexity index is 662. The Kier molecular flexibility index (Phi) is 5.43. The van der Waals surface area contributed by atoms with Gasteiger partial charge in [0.1, 0.15) is 5.76 Å². The minimum absolute atomic E-state index is 0.0448. The molecule has 2 aromatic rings. The van der Waals surface area contributed by atoms with Crippen LogP contribution in [-0.4, -0.2) is 32.5 Å². The van der Waals surface area contributed by atoms with Crippen molar-refractivity contribution in [2.24, 2.45) is 0 Å². The average molecular weight is 320 g/mol. The van der Waals surface area contributed by atoms with E-state index in [9.17, 15) is 4.79 Å². The molecule has 1 N–H and O–H groups in total. The van der Waals surface area contributed by atoms with Gasteiger partial charge in [0.15, 0.2) is 11.0 Å². The van der Waals surface area contributed by atoms with Crippen molar-refractivity contribution in [3.8, 4) is 11.4 Å². The first kappa shape index (κ1) is 16.4. The molecule has 0 aliphatic rings. The van der Waals surface area contributed by atoms with Crippen molar-refractivity contribution in [1.82, 2.24) is 20.1 Å². The fourth-order valence-electron chi connectivity index (χ4n) is 2.01. The number of hydrogen-bond acceptors (Lipinski definition) is 5. The lowest BCUT2D eigenvalue weighted by Gasteiger charge is -2.11. The normalized spacial score (nSPS) is 12.1. The molecule has 2 heterocycles. The predicted molar refractivity (Wildman–Crippen MR) is 86.7 cm³/mol. The van der Waals surface area contributed by atoms with Crippen LogP contribution in [0.25, 0.3) is 11.4 Å². The molecule has 0 radical (unpaired) electrons. The van der Waals surface area contributed by atoms with Crippen molar-refractivity contribution in [3.05, 3.63) is 30.7 Å². The molecule has 0 saturated carbocycles. The molecule has 2 aromatic heterocycles.